The number of aliphatic imine (C=N–C) groups is 1. The lowest BCUT2D eigenvalue weighted by atomic mass is 9.93. The molecule has 7 nitrogen and oxygen atoms in total. The number of hydrogen-bond acceptors (Lipinski definition) is 4. The second-order valence-electron chi connectivity index (χ2n) is 5.67. The number of ether oxygens (including phenoxy) is 1. The molecule has 0 spiro atoms. The van der Waals surface area contributed by atoms with Gasteiger partial charge in [-0.15, -0.1) is 0 Å². The Balaban J connectivity index is 2.06. The van der Waals surface area contributed by atoms with Crippen molar-refractivity contribution in [2.45, 2.75) is 32.8 Å². The van der Waals surface area contributed by atoms with E-state index in [2.05, 4.69) is 10.3 Å². The van der Waals surface area contributed by atoms with Gasteiger partial charge in [-0.1, -0.05) is 0 Å². The van der Waals surface area contributed by atoms with Crippen LogP contribution >= 0.6 is 0 Å². The first kappa shape index (κ1) is 13.5. The second-order valence-corrected chi connectivity index (χ2v) is 5.67. The zero-order valence-electron chi connectivity index (χ0n) is 11.3. The highest BCUT2D eigenvalue weighted by atomic mass is 16.6. The first-order valence-corrected chi connectivity index (χ1v) is 6.21. The van der Waals surface area contributed by atoms with Crippen LogP contribution in [-0.4, -0.2) is 47.3 Å². The molecular weight excluding hydrogens is 248 g/mol. The third kappa shape index (κ3) is 3.10. The summed E-state index contributed by atoms with van der Waals surface area (Å²) in [4.78, 5) is 29.3. The van der Waals surface area contributed by atoms with Crippen LogP contribution in [0.2, 0.25) is 0 Å². The van der Waals surface area contributed by atoms with Gasteiger partial charge in [0.25, 0.3) is 0 Å². The number of nitrogens with one attached hydrogen (secondary N) is 2. The number of rotatable bonds is 0. The van der Waals surface area contributed by atoms with Gasteiger partial charge < -0.3 is 9.64 Å². The van der Waals surface area contributed by atoms with E-state index in [1.807, 2.05) is 0 Å². The molecule has 0 aromatic heterocycles. The Morgan fingerprint density at radius 3 is 2.84 bits per heavy atom. The Hall–Kier alpha value is -1.92. The van der Waals surface area contributed by atoms with Crippen LogP contribution in [0.15, 0.2) is 4.99 Å². The fraction of sp³-hybridized carbons (Fsp3) is 0.667. The van der Waals surface area contributed by atoms with Crippen LogP contribution in [0.3, 0.4) is 0 Å². The highest BCUT2D eigenvalue weighted by Crippen LogP contribution is 2.20. The first-order valence-electron chi connectivity index (χ1n) is 6.21. The maximum atomic E-state index is 11.9. The number of carbonyl (C=O) groups excluding carboxylic acids is 2. The number of piperidine rings is 1. The molecule has 1 atom stereocenters. The maximum Gasteiger partial charge on any atom is 0.410 e. The molecule has 0 saturated carbocycles. The van der Waals surface area contributed by atoms with Crippen LogP contribution in [0.4, 0.5) is 4.79 Å². The highest BCUT2D eigenvalue weighted by Gasteiger charge is 2.37. The molecule has 2 aliphatic rings. The predicted octanol–water partition coefficient (Wildman–Crippen LogP) is 0.749. The average Bonchev–Trinajstić information content (AvgIpc) is 2.25. The van der Waals surface area contributed by atoms with Crippen molar-refractivity contribution in [2.75, 3.05) is 13.1 Å². The lowest BCUT2D eigenvalue weighted by molar-refractivity contribution is -0.122. The van der Waals surface area contributed by atoms with E-state index in [1.165, 1.54) is 4.90 Å². The van der Waals surface area contributed by atoms with Crippen LogP contribution in [0.25, 0.3) is 0 Å². The van der Waals surface area contributed by atoms with Crippen molar-refractivity contribution < 1.29 is 14.3 Å². The van der Waals surface area contributed by atoms with Gasteiger partial charge in [-0.25, -0.2) is 9.79 Å². The molecule has 2 N–H and O–H groups in total. The molecule has 19 heavy (non-hydrogen) atoms. The van der Waals surface area contributed by atoms with Crippen molar-refractivity contribution in [3.05, 3.63) is 0 Å². The fourth-order valence-electron chi connectivity index (χ4n) is 2.08. The minimum Gasteiger partial charge on any atom is -0.444 e. The van der Waals surface area contributed by atoms with Crippen molar-refractivity contribution in [1.82, 2.24) is 10.2 Å². The topological polar surface area (TPSA) is 94.8 Å². The van der Waals surface area contributed by atoms with Crippen LogP contribution in [-0.2, 0) is 9.53 Å². The Labute approximate surface area is 111 Å². The largest absolute Gasteiger partial charge is 0.444 e. The van der Waals surface area contributed by atoms with E-state index in [0.717, 1.165) is 0 Å². The predicted molar refractivity (Wildman–Crippen MR) is 69.2 cm³/mol. The third-order valence-corrected chi connectivity index (χ3v) is 2.91. The number of nitrogens with zero attached hydrogens (tertiary/aromatic N) is 2. The smallest absolute Gasteiger partial charge is 0.410 e. The number of carbonyl (C=O) groups is 2. The zero-order valence-corrected chi connectivity index (χ0v) is 11.3. The molecule has 1 saturated heterocycles. The molecule has 0 radical (unpaired) electrons. The lowest BCUT2D eigenvalue weighted by Crippen LogP contribution is -2.54. The molecule has 1 fully saturated rings. The van der Waals surface area contributed by atoms with Crippen LogP contribution < -0.4 is 5.32 Å². The van der Waals surface area contributed by atoms with Gasteiger partial charge in [-0.2, -0.15) is 0 Å². The van der Waals surface area contributed by atoms with Gasteiger partial charge in [0.15, 0.2) is 0 Å². The molecule has 0 aliphatic carbocycles. The second kappa shape index (κ2) is 4.64. The quantitative estimate of drug-likeness (QED) is 0.677. The van der Waals surface area contributed by atoms with E-state index in [9.17, 15) is 9.59 Å². The summed E-state index contributed by atoms with van der Waals surface area (Å²) in [6.07, 6.45) is 0.0830. The molecule has 7 heteroatoms. The number of hydrogen-bond donors (Lipinski definition) is 2. The molecule has 2 heterocycles. The van der Waals surface area contributed by atoms with E-state index < -0.39 is 17.6 Å². The first-order chi connectivity index (χ1) is 8.76. The van der Waals surface area contributed by atoms with Gasteiger partial charge in [0, 0.05) is 25.2 Å². The van der Waals surface area contributed by atoms with Crippen molar-refractivity contribution in [3.63, 3.8) is 0 Å². The highest BCUT2D eigenvalue weighted by molar-refractivity contribution is 6.17. The summed E-state index contributed by atoms with van der Waals surface area (Å²) in [5.74, 6) is -0.861. The molecule has 1 unspecified atom stereocenters. The van der Waals surface area contributed by atoms with Gasteiger partial charge in [-0.05, 0) is 20.8 Å². The monoisotopic (exact) mass is 266 g/mol. The Kier molecular flexibility index (Phi) is 3.30. The van der Waals surface area contributed by atoms with Crippen molar-refractivity contribution in [1.29, 1.82) is 5.41 Å². The molecule has 104 valence electrons. The summed E-state index contributed by atoms with van der Waals surface area (Å²) in [5, 5.41) is 9.73. The van der Waals surface area contributed by atoms with Gasteiger partial charge in [0.05, 0.1) is 5.92 Å². The number of likely N-dealkylation sites (tertiary alicyclic amines) is 1. The van der Waals surface area contributed by atoms with Gasteiger partial charge >= 0.3 is 6.09 Å². The third-order valence-electron chi connectivity index (χ3n) is 2.91. The standard InChI is InChI=1S/C12H18N4O3/c1-12(2,3)19-11(18)16-5-4-8-7(6-16)9(17)15-10(13)14-8/h7H,4-6H2,1-3H3,(H2,13,15,17). The molecule has 0 aromatic carbocycles. The summed E-state index contributed by atoms with van der Waals surface area (Å²) in [5.41, 5.74) is 0.121. The summed E-state index contributed by atoms with van der Waals surface area (Å²) < 4.78 is 5.29. The summed E-state index contributed by atoms with van der Waals surface area (Å²) in [6.45, 7) is 6.13. The Morgan fingerprint density at radius 1 is 1.53 bits per heavy atom. The molecule has 2 rings (SSSR count). The zero-order chi connectivity index (χ0) is 14.2. The average molecular weight is 266 g/mol. The minimum absolute atomic E-state index is 0.123. The van der Waals surface area contributed by atoms with Gasteiger partial charge in [0.1, 0.15) is 5.60 Å². The van der Waals surface area contributed by atoms with Gasteiger partial charge in [0.2, 0.25) is 11.9 Å². The van der Waals surface area contributed by atoms with E-state index in [-0.39, 0.29) is 18.4 Å². The summed E-state index contributed by atoms with van der Waals surface area (Å²) in [7, 11) is 0. The van der Waals surface area contributed by atoms with Crippen molar-refractivity contribution in [2.24, 2.45) is 10.9 Å². The minimum atomic E-state index is -0.553. The van der Waals surface area contributed by atoms with Crippen molar-refractivity contribution >= 4 is 23.7 Å². The van der Waals surface area contributed by atoms with E-state index in [4.69, 9.17) is 10.1 Å². The van der Waals surface area contributed by atoms with Crippen LogP contribution in [0, 0.1) is 11.3 Å². The number of amides is 2. The van der Waals surface area contributed by atoms with E-state index in [0.29, 0.717) is 18.7 Å². The van der Waals surface area contributed by atoms with Crippen LogP contribution in [0.5, 0.6) is 0 Å². The molecule has 2 amide bonds. The lowest BCUT2D eigenvalue weighted by Gasteiger charge is -2.35. The number of guanidine groups is 1. The molecule has 0 bridgehead atoms. The van der Waals surface area contributed by atoms with E-state index >= 15 is 0 Å². The fourth-order valence-corrected chi connectivity index (χ4v) is 2.08. The molecule has 0 aromatic rings. The Morgan fingerprint density at radius 2 is 2.21 bits per heavy atom. The van der Waals surface area contributed by atoms with Gasteiger partial charge in [-0.3, -0.25) is 15.5 Å². The normalized spacial score (nSPS) is 23.4. The molecule has 2 aliphatic heterocycles. The Bertz CT molecular complexity index is 464. The van der Waals surface area contributed by atoms with Crippen LogP contribution in [0.1, 0.15) is 27.2 Å². The number of fused-ring (bicyclic) bond motifs is 1. The SMILES string of the molecule is CC(C)(C)OC(=O)N1CCC2=NC(=N)NC(=O)C2C1. The summed E-state index contributed by atoms with van der Waals surface area (Å²) >= 11 is 0. The van der Waals surface area contributed by atoms with Crippen molar-refractivity contribution in [3.8, 4) is 0 Å². The maximum absolute atomic E-state index is 11.9. The van der Waals surface area contributed by atoms with E-state index in [1.54, 1.807) is 20.8 Å². The summed E-state index contributed by atoms with van der Waals surface area (Å²) in [6, 6.07) is 0. The molecular formula is C12H18N4O3.